The van der Waals surface area contributed by atoms with E-state index < -0.39 is 0 Å². The fourth-order valence-corrected chi connectivity index (χ4v) is 2.13. The van der Waals surface area contributed by atoms with E-state index in [9.17, 15) is 0 Å². The topological polar surface area (TPSA) is 58.3 Å². The molecule has 0 aliphatic carbocycles. The van der Waals surface area contributed by atoms with E-state index in [2.05, 4.69) is 33.6 Å². The minimum atomic E-state index is 0.403. The Balaban J connectivity index is 2.00. The van der Waals surface area contributed by atoms with Gasteiger partial charge in [-0.25, -0.2) is 9.97 Å². The molecule has 1 aromatic rings. The molecule has 1 aliphatic heterocycles. The lowest BCUT2D eigenvalue weighted by Gasteiger charge is -2.37. The van der Waals surface area contributed by atoms with E-state index in [-0.39, 0.29) is 0 Å². The average Bonchev–Trinajstić information content (AvgIpc) is 2.39. The summed E-state index contributed by atoms with van der Waals surface area (Å²) in [5.41, 5.74) is 5.56. The summed E-state index contributed by atoms with van der Waals surface area (Å²) in [4.78, 5) is 13.4. The van der Waals surface area contributed by atoms with Crippen LogP contribution in [0, 0.1) is 0 Å². The summed E-state index contributed by atoms with van der Waals surface area (Å²) in [6, 6.07) is 2.59. The lowest BCUT2D eigenvalue weighted by molar-refractivity contribution is 0.209. The van der Waals surface area contributed by atoms with E-state index in [1.807, 2.05) is 6.07 Å². The van der Waals surface area contributed by atoms with Gasteiger partial charge in [0.2, 0.25) is 0 Å². The van der Waals surface area contributed by atoms with Crippen molar-refractivity contribution in [1.82, 2.24) is 14.9 Å². The zero-order chi connectivity index (χ0) is 12.3. The van der Waals surface area contributed by atoms with Gasteiger partial charge in [-0.3, -0.25) is 4.90 Å². The van der Waals surface area contributed by atoms with E-state index in [1.165, 1.54) is 0 Å². The molecule has 1 saturated heterocycles. The van der Waals surface area contributed by atoms with Gasteiger partial charge in [-0.2, -0.15) is 0 Å². The molecule has 2 heterocycles. The number of piperazine rings is 1. The van der Waals surface area contributed by atoms with Crippen molar-refractivity contribution in [2.75, 3.05) is 31.1 Å². The molecule has 0 radical (unpaired) electrons. The predicted octanol–water partition coefficient (Wildman–Crippen LogP) is 0.466. The monoisotopic (exact) mass is 235 g/mol. The summed E-state index contributed by atoms with van der Waals surface area (Å²) in [6.45, 7) is 9.14. The molecule has 5 heteroatoms. The van der Waals surface area contributed by atoms with Crippen LogP contribution in [0.25, 0.3) is 0 Å². The Kier molecular flexibility index (Phi) is 3.91. The first kappa shape index (κ1) is 12.3. The molecule has 2 rings (SSSR count). The van der Waals surface area contributed by atoms with Gasteiger partial charge in [0.15, 0.2) is 0 Å². The fraction of sp³-hybridized carbons (Fsp3) is 0.667. The van der Waals surface area contributed by atoms with Crippen LogP contribution in [0.2, 0.25) is 0 Å². The number of aromatic nitrogens is 2. The lowest BCUT2D eigenvalue weighted by atomic mass is 10.2. The molecule has 0 amide bonds. The van der Waals surface area contributed by atoms with E-state index in [0.29, 0.717) is 18.4 Å². The molecule has 0 aromatic carbocycles. The molecule has 17 heavy (non-hydrogen) atoms. The van der Waals surface area contributed by atoms with Gasteiger partial charge in [-0.15, -0.1) is 0 Å². The van der Waals surface area contributed by atoms with Gasteiger partial charge in [0.1, 0.15) is 11.6 Å². The predicted molar refractivity (Wildman–Crippen MR) is 68.8 cm³/mol. The summed E-state index contributed by atoms with van der Waals surface area (Å²) in [7, 11) is 0. The Labute approximate surface area is 103 Å². The highest BCUT2D eigenvalue weighted by molar-refractivity contribution is 5.38. The molecule has 1 aromatic heterocycles. The number of anilines is 1. The number of rotatable bonds is 3. The summed E-state index contributed by atoms with van der Waals surface area (Å²) >= 11 is 0. The average molecular weight is 235 g/mol. The molecule has 2 N–H and O–H groups in total. The molecule has 94 valence electrons. The van der Waals surface area contributed by atoms with Crippen molar-refractivity contribution >= 4 is 5.82 Å². The fourth-order valence-electron chi connectivity index (χ4n) is 2.13. The van der Waals surface area contributed by atoms with Crippen molar-refractivity contribution in [3.63, 3.8) is 0 Å². The van der Waals surface area contributed by atoms with Crippen molar-refractivity contribution in [2.24, 2.45) is 5.73 Å². The molecule has 0 spiro atoms. The zero-order valence-electron chi connectivity index (χ0n) is 10.6. The van der Waals surface area contributed by atoms with Crippen LogP contribution in [0.5, 0.6) is 0 Å². The third-order valence-electron chi connectivity index (χ3n) is 3.24. The highest BCUT2D eigenvalue weighted by Crippen LogP contribution is 2.14. The van der Waals surface area contributed by atoms with E-state index in [0.717, 1.165) is 32.0 Å². The van der Waals surface area contributed by atoms with Gasteiger partial charge in [0, 0.05) is 38.4 Å². The van der Waals surface area contributed by atoms with E-state index in [4.69, 9.17) is 5.73 Å². The molecular formula is C12H21N5. The molecular weight excluding hydrogens is 214 g/mol. The summed E-state index contributed by atoms with van der Waals surface area (Å²) in [6.07, 6.45) is 1.79. The van der Waals surface area contributed by atoms with Gasteiger partial charge >= 0.3 is 0 Å². The molecule has 1 aliphatic rings. The second-order valence-electron chi connectivity index (χ2n) is 4.65. The first-order valence-corrected chi connectivity index (χ1v) is 6.21. The number of hydrogen-bond donors (Lipinski definition) is 1. The minimum Gasteiger partial charge on any atom is -0.354 e. The van der Waals surface area contributed by atoms with Crippen LogP contribution in [0.15, 0.2) is 12.3 Å². The van der Waals surface area contributed by atoms with Crippen LogP contribution in [-0.4, -0.2) is 47.1 Å². The van der Waals surface area contributed by atoms with E-state index in [1.54, 1.807) is 6.20 Å². The molecule has 0 atom stereocenters. The van der Waals surface area contributed by atoms with Crippen LogP contribution in [-0.2, 0) is 6.54 Å². The molecule has 0 saturated carbocycles. The second-order valence-corrected chi connectivity index (χ2v) is 4.65. The normalized spacial score (nSPS) is 17.8. The maximum atomic E-state index is 5.56. The van der Waals surface area contributed by atoms with Crippen molar-refractivity contribution in [3.05, 3.63) is 18.1 Å². The van der Waals surface area contributed by atoms with Crippen LogP contribution in [0.1, 0.15) is 19.7 Å². The van der Waals surface area contributed by atoms with Crippen molar-refractivity contribution in [2.45, 2.75) is 26.4 Å². The SMILES string of the molecule is CC(C)N1CCN(c2ccnc(CN)n2)CC1. The van der Waals surface area contributed by atoms with Crippen LogP contribution < -0.4 is 10.6 Å². The minimum absolute atomic E-state index is 0.403. The lowest BCUT2D eigenvalue weighted by Crippen LogP contribution is -2.49. The second kappa shape index (κ2) is 5.42. The Bertz CT molecular complexity index is 358. The van der Waals surface area contributed by atoms with Crippen LogP contribution >= 0.6 is 0 Å². The third-order valence-corrected chi connectivity index (χ3v) is 3.24. The molecule has 0 bridgehead atoms. The first-order valence-electron chi connectivity index (χ1n) is 6.21. The maximum Gasteiger partial charge on any atom is 0.144 e. The highest BCUT2D eigenvalue weighted by Gasteiger charge is 2.19. The zero-order valence-corrected chi connectivity index (χ0v) is 10.6. The van der Waals surface area contributed by atoms with Gasteiger partial charge in [-0.1, -0.05) is 0 Å². The molecule has 0 unspecified atom stereocenters. The summed E-state index contributed by atoms with van der Waals surface area (Å²) < 4.78 is 0. The molecule has 5 nitrogen and oxygen atoms in total. The Hall–Kier alpha value is -1.20. The Morgan fingerprint density at radius 2 is 2.00 bits per heavy atom. The molecule has 1 fully saturated rings. The standard InChI is InChI=1S/C12H21N5/c1-10(2)16-5-7-17(8-6-16)12-3-4-14-11(9-13)15-12/h3-4,10H,5-9,13H2,1-2H3. The smallest absolute Gasteiger partial charge is 0.144 e. The summed E-state index contributed by atoms with van der Waals surface area (Å²) in [5.74, 6) is 1.72. The number of nitrogens with two attached hydrogens (primary N) is 1. The quantitative estimate of drug-likeness (QED) is 0.825. The van der Waals surface area contributed by atoms with E-state index >= 15 is 0 Å². The van der Waals surface area contributed by atoms with Gasteiger partial charge in [0.25, 0.3) is 0 Å². The maximum absolute atomic E-state index is 5.56. The number of nitrogens with zero attached hydrogens (tertiary/aromatic N) is 4. The van der Waals surface area contributed by atoms with Crippen LogP contribution in [0.3, 0.4) is 0 Å². The Morgan fingerprint density at radius 1 is 1.29 bits per heavy atom. The largest absolute Gasteiger partial charge is 0.354 e. The van der Waals surface area contributed by atoms with Gasteiger partial charge < -0.3 is 10.6 Å². The summed E-state index contributed by atoms with van der Waals surface area (Å²) in [5, 5.41) is 0. The highest BCUT2D eigenvalue weighted by atomic mass is 15.3. The van der Waals surface area contributed by atoms with Crippen molar-refractivity contribution < 1.29 is 0 Å². The van der Waals surface area contributed by atoms with Crippen LogP contribution in [0.4, 0.5) is 5.82 Å². The van der Waals surface area contributed by atoms with Crippen molar-refractivity contribution in [3.8, 4) is 0 Å². The van der Waals surface area contributed by atoms with Gasteiger partial charge in [0.05, 0.1) is 6.54 Å². The van der Waals surface area contributed by atoms with Crippen molar-refractivity contribution in [1.29, 1.82) is 0 Å². The Morgan fingerprint density at radius 3 is 2.59 bits per heavy atom. The first-order chi connectivity index (χ1) is 8.20. The number of hydrogen-bond acceptors (Lipinski definition) is 5. The third kappa shape index (κ3) is 2.92. The van der Waals surface area contributed by atoms with Gasteiger partial charge in [-0.05, 0) is 19.9 Å².